The number of aromatic nitrogens is 1. The lowest BCUT2D eigenvalue weighted by Gasteiger charge is -2.14. The van der Waals surface area contributed by atoms with Crippen molar-refractivity contribution in [2.24, 2.45) is 0 Å². The highest BCUT2D eigenvalue weighted by Gasteiger charge is 2.13. The first-order chi connectivity index (χ1) is 10.7. The molecule has 1 aromatic heterocycles. The number of nitrogens with zero attached hydrogens (tertiary/aromatic N) is 1. The normalized spacial score (nSPS) is 11.0. The van der Waals surface area contributed by atoms with E-state index < -0.39 is 0 Å². The first kappa shape index (κ1) is 14.3. The maximum atomic E-state index is 12.6. The molecule has 0 atom stereocenters. The molecule has 3 aromatic rings. The van der Waals surface area contributed by atoms with Gasteiger partial charge in [-0.2, -0.15) is 0 Å². The Balaban J connectivity index is 2.23. The molecule has 112 valence electrons. The summed E-state index contributed by atoms with van der Waals surface area (Å²) in [6.07, 6.45) is 0.789. The first-order valence-corrected chi connectivity index (χ1v) is 7.38. The van der Waals surface area contributed by atoms with Gasteiger partial charge in [0.25, 0.3) is 0 Å². The second-order valence-corrected chi connectivity index (χ2v) is 5.17. The second kappa shape index (κ2) is 6.02. The third-order valence-corrected chi connectivity index (χ3v) is 3.63. The Morgan fingerprint density at radius 1 is 1.00 bits per heavy atom. The molecule has 0 amide bonds. The van der Waals surface area contributed by atoms with Crippen molar-refractivity contribution in [1.82, 2.24) is 4.57 Å². The zero-order valence-corrected chi connectivity index (χ0v) is 12.4. The van der Waals surface area contributed by atoms with Crippen LogP contribution in [0.2, 0.25) is 0 Å². The van der Waals surface area contributed by atoms with Crippen molar-refractivity contribution < 1.29 is 9.53 Å². The topological polar surface area (TPSA) is 48.3 Å². The summed E-state index contributed by atoms with van der Waals surface area (Å²) in [5, 5.41) is 1.23. The first-order valence-electron chi connectivity index (χ1n) is 7.38. The molecule has 0 N–H and O–H groups in total. The van der Waals surface area contributed by atoms with Gasteiger partial charge in [-0.25, -0.2) is 0 Å². The molecule has 2 aromatic carbocycles. The van der Waals surface area contributed by atoms with Crippen molar-refractivity contribution >= 4 is 27.8 Å². The van der Waals surface area contributed by atoms with E-state index in [-0.39, 0.29) is 17.9 Å². The van der Waals surface area contributed by atoms with E-state index in [2.05, 4.69) is 0 Å². The van der Waals surface area contributed by atoms with Crippen molar-refractivity contribution in [2.45, 2.75) is 19.9 Å². The number of carbonyl (C=O) groups is 1. The van der Waals surface area contributed by atoms with Gasteiger partial charge in [0.15, 0.2) is 5.43 Å². The number of pyridine rings is 1. The molecular weight excluding hydrogens is 278 g/mol. The summed E-state index contributed by atoms with van der Waals surface area (Å²) >= 11 is 0. The van der Waals surface area contributed by atoms with Gasteiger partial charge in [0.1, 0.15) is 6.54 Å². The van der Waals surface area contributed by atoms with Crippen LogP contribution in [0.25, 0.3) is 21.8 Å². The Labute approximate surface area is 127 Å². The SMILES string of the molecule is CCCOC(=O)Cn1c2ccccc2c(=O)c2ccccc21. The number of carbonyl (C=O) groups excluding carboxylic acids is 1. The molecule has 0 saturated carbocycles. The van der Waals surface area contributed by atoms with E-state index in [9.17, 15) is 9.59 Å². The third-order valence-electron chi connectivity index (χ3n) is 3.63. The van der Waals surface area contributed by atoms with Crippen molar-refractivity contribution in [1.29, 1.82) is 0 Å². The van der Waals surface area contributed by atoms with Gasteiger partial charge < -0.3 is 9.30 Å². The second-order valence-electron chi connectivity index (χ2n) is 5.17. The van der Waals surface area contributed by atoms with Crippen LogP contribution in [-0.4, -0.2) is 17.1 Å². The third kappa shape index (κ3) is 2.48. The highest BCUT2D eigenvalue weighted by Crippen LogP contribution is 2.19. The molecular formula is C18H17NO3. The molecule has 22 heavy (non-hydrogen) atoms. The number of para-hydroxylation sites is 2. The zero-order chi connectivity index (χ0) is 15.5. The van der Waals surface area contributed by atoms with Crippen molar-refractivity contribution in [3.05, 3.63) is 58.8 Å². The molecule has 0 aliphatic rings. The molecule has 0 aliphatic carbocycles. The number of benzene rings is 2. The zero-order valence-electron chi connectivity index (χ0n) is 12.4. The molecule has 0 fully saturated rings. The lowest BCUT2D eigenvalue weighted by molar-refractivity contribution is -0.144. The highest BCUT2D eigenvalue weighted by molar-refractivity contribution is 5.94. The molecule has 0 bridgehead atoms. The summed E-state index contributed by atoms with van der Waals surface area (Å²) in [5.74, 6) is -0.291. The summed E-state index contributed by atoms with van der Waals surface area (Å²) < 4.78 is 7.04. The summed E-state index contributed by atoms with van der Waals surface area (Å²) in [6.45, 7) is 2.47. The molecule has 1 heterocycles. The molecule has 3 rings (SSSR count). The molecule has 4 nitrogen and oxygen atoms in total. The smallest absolute Gasteiger partial charge is 0.325 e. The minimum atomic E-state index is -0.291. The average Bonchev–Trinajstić information content (AvgIpc) is 2.57. The molecule has 0 spiro atoms. The predicted molar refractivity (Wildman–Crippen MR) is 87.0 cm³/mol. The predicted octanol–water partition coefficient (Wildman–Crippen LogP) is 3.11. The maximum Gasteiger partial charge on any atom is 0.325 e. The average molecular weight is 295 g/mol. The summed E-state index contributed by atoms with van der Waals surface area (Å²) in [7, 11) is 0. The van der Waals surface area contributed by atoms with Crippen LogP contribution >= 0.6 is 0 Å². The number of rotatable bonds is 4. The van der Waals surface area contributed by atoms with Crippen LogP contribution < -0.4 is 5.43 Å². The van der Waals surface area contributed by atoms with Crippen molar-refractivity contribution in [3.63, 3.8) is 0 Å². The lowest BCUT2D eigenvalue weighted by Crippen LogP contribution is -2.18. The standard InChI is InChI=1S/C18H17NO3/c1-2-11-22-17(20)12-19-15-9-5-3-7-13(15)18(21)14-8-4-6-10-16(14)19/h3-10H,2,11-12H2,1H3. The number of esters is 1. The van der Waals surface area contributed by atoms with Crippen LogP contribution in [0.4, 0.5) is 0 Å². The molecule has 0 radical (unpaired) electrons. The minimum Gasteiger partial charge on any atom is -0.464 e. The quantitative estimate of drug-likeness (QED) is 0.549. The molecule has 4 heteroatoms. The van der Waals surface area contributed by atoms with Gasteiger partial charge >= 0.3 is 5.97 Å². The number of fused-ring (bicyclic) bond motifs is 2. The van der Waals surface area contributed by atoms with E-state index >= 15 is 0 Å². The number of ether oxygens (including phenoxy) is 1. The van der Waals surface area contributed by atoms with Crippen molar-refractivity contribution in [2.75, 3.05) is 6.61 Å². The van der Waals surface area contributed by atoms with E-state index in [4.69, 9.17) is 4.74 Å². The van der Waals surface area contributed by atoms with Crippen LogP contribution in [0.1, 0.15) is 13.3 Å². The van der Waals surface area contributed by atoms with Crippen LogP contribution in [0.15, 0.2) is 53.3 Å². The largest absolute Gasteiger partial charge is 0.464 e. The Bertz CT molecular complexity index is 836. The Hall–Kier alpha value is -2.62. The highest BCUT2D eigenvalue weighted by atomic mass is 16.5. The Morgan fingerprint density at radius 3 is 2.09 bits per heavy atom. The van der Waals surface area contributed by atoms with Gasteiger partial charge in [0.2, 0.25) is 0 Å². The van der Waals surface area contributed by atoms with E-state index in [1.807, 2.05) is 47.9 Å². The molecule has 0 unspecified atom stereocenters. The van der Waals surface area contributed by atoms with E-state index in [0.717, 1.165) is 17.5 Å². The van der Waals surface area contributed by atoms with Gasteiger partial charge in [-0.3, -0.25) is 9.59 Å². The van der Waals surface area contributed by atoms with Crippen LogP contribution in [0.3, 0.4) is 0 Å². The van der Waals surface area contributed by atoms with Gasteiger partial charge in [-0.15, -0.1) is 0 Å². The van der Waals surface area contributed by atoms with E-state index in [1.165, 1.54) is 0 Å². The van der Waals surface area contributed by atoms with Crippen LogP contribution in [0.5, 0.6) is 0 Å². The number of hydrogen-bond donors (Lipinski definition) is 0. The lowest BCUT2D eigenvalue weighted by atomic mass is 10.1. The minimum absolute atomic E-state index is 0.00984. The van der Waals surface area contributed by atoms with Gasteiger partial charge in [-0.1, -0.05) is 31.2 Å². The molecule has 0 saturated heterocycles. The fraction of sp³-hybridized carbons (Fsp3) is 0.222. The van der Waals surface area contributed by atoms with Crippen molar-refractivity contribution in [3.8, 4) is 0 Å². The maximum absolute atomic E-state index is 12.6. The van der Waals surface area contributed by atoms with Gasteiger partial charge in [0.05, 0.1) is 17.6 Å². The molecule has 0 aliphatic heterocycles. The van der Waals surface area contributed by atoms with Crippen LogP contribution in [-0.2, 0) is 16.1 Å². The van der Waals surface area contributed by atoms with Gasteiger partial charge in [-0.05, 0) is 30.7 Å². The Morgan fingerprint density at radius 2 is 1.55 bits per heavy atom. The van der Waals surface area contributed by atoms with E-state index in [1.54, 1.807) is 12.1 Å². The fourth-order valence-electron chi connectivity index (χ4n) is 2.64. The number of hydrogen-bond acceptors (Lipinski definition) is 3. The Kier molecular flexibility index (Phi) is 3.92. The summed E-state index contributed by atoms with van der Waals surface area (Å²) in [4.78, 5) is 24.6. The fourth-order valence-corrected chi connectivity index (χ4v) is 2.64. The van der Waals surface area contributed by atoms with Gasteiger partial charge in [0, 0.05) is 10.8 Å². The monoisotopic (exact) mass is 295 g/mol. The summed E-state index contributed by atoms with van der Waals surface area (Å²) in [5.41, 5.74) is 1.49. The van der Waals surface area contributed by atoms with E-state index in [0.29, 0.717) is 17.4 Å². The summed E-state index contributed by atoms with van der Waals surface area (Å²) in [6, 6.07) is 14.7. The van der Waals surface area contributed by atoms with Crippen LogP contribution in [0, 0.1) is 0 Å².